The lowest BCUT2D eigenvalue weighted by Gasteiger charge is -2.15. The van der Waals surface area contributed by atoms with E-state index < -0.39 is 0 Å². The maximum Gasteiger partial charge on any atom is 0.253 e. The van der Waals surface area contributed by atoms with Crippen molar-refractivity contribution in [3.05, 3.63) is 83.8 Å². The number of hydrogen-bond donors (Lipinski definition) is 3. The van der Waals surface area contributed by atoms with E-state index >= 15 is 0 Å². The van der Waals surface area contributed by atoms with Gasteiger partial charge in [0.15, 0.2) is 0 Å². The number of carbonyl (C=O) groups excluding carboxylic acids is 3. The van der Waals surface area contributed by atoms with Gasteiger partial charge >= 0.3 is 0 Å². The molecule has 3 N–H and O–H groups in total. The van der Waals surface area contributed by atoms with Gasteiger partial charge in [0.05, 0.1) is 19.4 Å². The van der Waals surface area contributed by atoms with Gasteiger partial charge in [0.2, 0.25) is 5.91 Å². The van der Waals surface area contributed by atoms with Crippen molar-refractivity contribution in [1.82, 2.24) is 10.2 Å². The van der Waals surface area contributed by atoms with Crippen molar-refractivity contribution in [3.8, 4) is 0 Å². The van der Waals surface area contributed by atoms with Crippen LogP contribution in [0.15, 0.2) is 71.3 Å². The van der Waals surface area contributed by atoms with Gasteiger partial charge in [0, 0.05) is 35.6 Å². The third kappa shape index (κ3) is 6.00. The average molecular weight is 447 g/mol. The number of anilines is 2. The van der Waals surface area contributed by atoms with Crippen molar-refractivity contribution in [1.29, 1.82) is 0 Å². The SMILES string of the molecule is O=C(CNc1cccc(C(=O)NCc2ccco2)c1)Nc1ccc(C(=O)N2CCCC2)cc1. The summed E-state index contributed by atoms with van der Waals surface area (Å²) in [5, 5.41) is 8.62. The minimum Gasteiger partial charge on any atom is -0.467 e. The Labute approximate surface area is 192 Å². The van der Waals surface area contributed by atoms with Gasteiger partial charge in [-0.3, -0.25) is 14.4 Å². The molecule has 1 aliphatic heterocycles. The highest BCUT2D eigenvalue weighted by Gasteiger charge is 2.19. The molecule has 170 valence electrons. The van der Waals surface area contributed by atoms with Crippen LogP contribution in [0.1, 0.15) is 39.3 Å². The molecule has 8 heteroatoms. The minimum absolute atomic E-state index is 0.0279. The molecule has 3 amide bonds. The first-order valence-electron chi connectivity index (χ1n) is 10.9. The van der Waals surface area contributed by atoms with Crippen molar-refractivity contribution in [2.45, 2.75) is 19.4 Å². The summed E-state index contributed by atoms with van der Waals surface area (Å²) in [4.78, 5) is 38.9. The molecular weight excluding hydrogens is 420 g/mol. The molecule has 0 unspecified atom stereocenters. The van der Waals surface area contributed by atoms with Crippen LogP contribution in [0.2, 0.25) is 0 Å². The highest BCUT2D eigenvalue weighted by Crippen LogP contribution is 2.16. The smallest absolute Gasteiger partial charge is 0.253 e. The van der Waals surface area contributed by atoms with Crippen LogP contribution in [-0.4, -0.2) is 42.3 Å². The Morgan fingerprint density at radius 2 is 1.67 bits per heavy atom. The summed E-state index contributed by atoms with van der Waals surface area (Å²) in [6.07, 6.45) is 3.65. The van der Waals surface area contributed by atoms with Gasteiger partial charge in [-0.2, -0.15) is 0 Å². The lowest BCUT2D eigenvalue weighted by atomic mass is 10.2. The molecule has 0 saturated carbocycles. The topological polar surface area (TPSA) is 104 Å². The van der Waals surface area contributed by atoms with Crippen LogP contribution in [0.3, 0.4) is 0 Å². The molecule has 0 spiro atoms. The summed E-state index contributed by atoms with van der Waals surface area (Å²) >= 11 is 0. The number of carbonyl (C=O) groups is 3. The van der Waals surface area contributed by atoms with Crippen LogP contribution in [0.4, 0.5) is 11.4 Å². The molecule has 8 nitrogen and oxygen atoms in total. The van der Waals surface area contributed by atoms with Crippen molar-refractivity contribution >= 4 is 29.1 Å². The third-order valence-corrected chi connectivity index (χ3v) is 5.39. The summed E-state index contributed by atoms with van der Waals surface area (Å²) in [5.41, 5.74) is 2.37. The second-order valence-electron chi connectivity index (χ2n) is 7.82. The van der Waals surface area contributed by atoms with Crippen LogP contribution in [0.5, 0.6) is 0 Å². The fourth-order valence-corrected chi connectivity index (χ4v) is 3.64. The van der Waals surface area contributed by atoms with Crippen molar-refractivity contribution in [2.24, 2.45) is 0 Å². The van der Waals surface area contributed by atoms with Crippen LogP contribution >= 0.6 is 0 Å². The van der Waals surface area contributed by atoms with Gasteiger partial charge in [0.1, 0.15) is 5.76 Å². The van der Waals surface area contributed by atoms with Crippen LogP contribution in [0, 0.1) is 0 Å². The summed E-state index contributed by atoms with van der Waals surface area (Å²) in [5.74, 6) is 0.229. The Kier molecular flexibility index (Phi) is 7.04. The summed E-state index contributed by atoms with van der Waals surface area (Å²) < 4.78 is 5.21. The van der Waals surface area contributed by atoms with Crippen LogP contribution in [0.25, 0.3) is 0 Å². The molecule has 2 heterocycles. The van der Waals surface area contributed by atoms with Gasteiger partial charge in [-0.05, 0) is 67.4 Å². The van der Waals surface area contributed by atoms with Crippen molar-refractivity contribution in [2.75, 3.05) is 30.3 Å². The molecular formula is C25H26N4O4. The predicted octanol–water partition coefficient (Wildman–Crippen LogP) is 3.50. The number of nitrogens with one attached hydrogen (secondary N) is 3. The molecule has 0 bridgehead atoms. The predicted molar refractivity (Wildman–Crippen MR) is 125 cm³/mol. The van der Waals surface area contributed by atoms with Gasteiger partial charge in [-0.25, -0.2) is 0 Å². The van der Waals surface area contributed by atoms with Crippen LogP contribution < -0.4 is 16.0 Å². The van der Waals surface area contributed by atoms with E-state index in [0.717, 1.165) is 25.9 Å². The monoisotopic (exact) mass is 446 g/mol. The molecule has 2 aromatic carbocycles. The first kappa shape index (κ1) is 22.1. The van der Waals surface area contributed by atoms with E-state index in [9.17, 15) is 14.4 Å². The number of likely N-dealkylation sites (tertiary alicyclic amines) is 1. The minimum atomic E-state index is -0.235. The van der Waals surface area contributed by atoms with Gasteiger partial charge in [-0.1, -0.05) is 6.07 Å². The second-order valence-corrected chi connectivity index (χ2v) is 7.82. The maximum atomic E-state index is 12.4. The third-order valence-electron chi connectivity index (χ3n) is 5.39. The summed E-state index contributed by atoms with van der Waals surface area (Å²) in [6.45, 7) is 1.94. The fraction of sp³-hybridized carbons (Fsp3) is 0.240. The quantitative estimate of drug-likeness (QED) is 0.491. The van der Waals surface area contributed by atoms with Gasteiger partial charge < -0.3 is 25.3 Å². The Balaban J connectivity index is 1.26. The average Bonchev–Trinajstić information content (AvgIpc) is 3.56. The summed E-state index contributed by atoms with van der Waals surface area (Å²) in [6, 6.07) is 17.4. The molecule has 1 fully saturated rings. The number of benzene rings is 2. The Bertz CT molecular complexity index is 1100. The van der Waals surface area contributed by atoms with Gasteiger partial charge in [0.25, 0.3) is 11.8 Å². The van der Waals surface area contributed by atoms with Crippen LogP contribution in [-0.2, 0) is 11.3 Å². The van der Waals surface area contributed by atoms with Crippen molar-refractivity contribution < 1.29 is 18.8 Å². The van der Waals surface area contributed by atoms with E-state index in [1.165, 1.54) is 0 Å². The molecule has 0 radical (unpaired) electrons. The van der Waals surface area contributed by atoms with E-state index in [4.69, 9.17) is 4.42 Å². The van der Waals surface area contributed by atoms with E-state index in [1.54, 1.807) is 66.9 Å². The zero-order valence-corrected chi connectivity index (χ0v) is 18.2. The molecule has 1 saturated heterocycles. The summed E-state index contributed by atoms with van der Waals surface area (Å²) in [7, 11) is 0. The highest BCUT2D eigenvalue weighted by molar-refractivity contribution is 5.97. The number of amides is 3. The zero-order valence-electron chi connectivity index (χ0n) is 18.2. The first-order valence-corrected chi connectivity index (χ1v) is 10.9. The molecule has 0 atom stereocenters. The maximum absolute atomic E-state index is 12.4. The Hall–Kier alpha value is -4.07. The number of hydrogen-bond acceptors (Lipinski definition) is 5. The normalized spacial score (nSPS) is 12.9. The molecule has 3 aromatic rings. The van der Waals surface area contributed by atoms with E-state index in [-0.39, 0.29) is 24.3 Å². The highest BCUT2D eigenvalue weighted by atomic mass is 16.3. The Morgan fingerprint density at radius 1 is 0.879 bits per heavy atom. The lowest BCUT2D eigenvalue weighted by Crippen LogP contribution is -2.27. The fourth-order valence-electron chi connectivity index (χ4n) is 3.64. The van der Waals surface area contributed by atoms with E-state index in [1.807, 2.05) is 4.90 Å². The molecule has 0 aliphatic carbocycles. The molecule has 4 rings (SSSR count). The number of furan rings is 1. The zero-order chi connectivity index (χ0) is 23.0. The van der Waals surface area contributed by atoms with Gasteiger partial charge in [-0.15, -0.1) is 0 Å². The largest absolute Gasteiger partial charge is 0.467 e. The first-order chi connectivity index (χ1) is 16.1. The molecule has 1 aromatic heterocycles. The second kappa shape index (κ2) is 10.5. The number of rotatable bonds is 8. The molecule has 1 aliphatic rings. The standard InChI is InChI=1S/C25H26N4O4/c30-23(28-20-10-8-18(9-11-20)25(32)29-12-1-2-13-29)17-26-21-6-3-5-19(15-21)24(31)27-16-22-7-4-14-33-22/h3-11,14-15,26H,1-2,12-13,16-17H2,(H,27,31)(H,28,30). The van der Waals surface area contributed by atoms with E-state index in [2.05, 4.69) is 16.0 Å². The van der Waals surface area contributed by atoms with E-state index in [0.29, 0.717) is 34.8 Å². The van der Waals surface area contributed by atoms with Crippen molar-refractivity contribution in [3.63, 3.8) is 0 Å². The Morgan fingerprint density at radius 3 is 2.39 bits per heavy atom. The lowest BCUT2D eigenvalue weighted by molar-refractivity contribution is -0.114. The molecule has 33 heavy (non-hydrogen) atoms. The number of nitrogens with zero attached hydrogens (tertiary/aromatic N) is 1.